The Labute approximate surface area is 183 Å². The van der Waals surface area contributed by atoms with Gasteiger partial charge < -0.3 is 15.0 Å². The van der Waals surface area contributed by atoms with Gasteiger partial charge in [0.25, 0.3) is 5.69 Å². The Morgan fingerprint density at radius 1 is 1.16 bits per heavy atom. The fourth-order valence-corrected chi connectivity index (χ4v) is 3.49. The predicted octanol–water partition coefficient (Wildman–Crippen LogP) is 6.08. The van der Waals surface area contributed by atoms with E-state index in [-0.39, 0.29) is 17.7 Å². The molecule has 3 rings (SSSR count). The number of halogens is 3. The highest BCUT2D eigenvalue weighted by atomic mass is 19.4. The number of hydrogen-bond donors (Lipinski definition) is 1. The van der Waals surface area contributed by atoms with E-state index >= 15 is 0 Å². The van der Waals surface area contributed by atoms with Crippen LogP contribution in [-0.2, 0) is 10.9 Å². The molecule has 1 aliphatic rings. The largest absolute Gasteiger partial charge is 0.444 e. The third-order valence-corrected chi connectivity index (χ3v) is 5.02. The molecule has 0 bridgehead atoms. The number of carbonyl (C=O) groups excluding carboxylic acids is 1. The molecule has 2 aromatic rings. The molecule has 1 aliphatic heterocycles. The minimum atomic E-state index is -4.61. The van der Waals surface area contributed by atoms with Gasteiger partial charge in [-0.2, -0.15) is 13.2 Å². The third kappa shape index (κ3) is 5.68. The van der Waals surface area contributed by atoms with E-state index in [4.69, 9.17) is 4.74 Å². The van der Waals surface area contributed by atoms with E-state index in [1.165, 1.54) is 0 Å². The summed E-state index contributed by atoms with van der Waals surface area (Å²) >= 11 is 0. The van der Waals surface area contributed by atoms with Crippen molar-refractivity contribution in [3.05, 3.63) is 63.7 Å². The smallest absolute Gasteiger partial charge is 0.416 e. The van der Waals surface area contributed by atoms with Crippen LogP contribution in [0, 0.1) is 10.1 Å². The van der Waals surface area contributed by atoms with E-state index in [1.807, 2.05) is 0 Å². The molecule has 1 heterocycles. The average Bonchev–Trinajstić information content (AvgIpc) is 3.17. The SMILES string of the molecule is CC(C)(C)OC(=O)N1CCC(c2ccc(Nc3cc(C(F)(F)F)ccc3[N+](=O)[O-])cc2)C1. The minimum absolute atomic E-state index is 0.0967. The molecule has 2 aromatic carbocycles. The number of amides is 1. The van der Waals surface area contributed by atoms with Gasteiger partial charge in [-0.25, -0.2) is 4.79 Å². The van der Waals surface area contributed by atoms with Crippen LogP contribution in [0.25, 0.3) is 0 Å². The van der Waals surface area contributed by atoms with E-state index in [1.54, 1.807) is 49.9 Å². The van der Waals surface area contributed by atoms with Gasteiger partial charge in [-0.3, -0.25) is 10.1 Å². The fraction of sp³-hybridized carbons (Fsp3) is 0.409. The van der Waals surface area contributed by atoms with Crippen LogP contribution in [0.5, 0.6) is 0 Å². The van der Waals surface area contributed by atoms with Crippen molar-refractivity contribution in [3.8, 4) is 0 Å². The molecule has 0 saturated carbocycles. The van der Waals surface area contributed by atoms with Gasteiger partial charge in [-0.15, -0.1) is 0 Å². The number of anilines is 2. The zero-order valence-corrected chi connectivity index (χ0v) is 17.9. The Balaban J connectivity index is 1.72. The maximum atomic E-state index is 13.0. The first kappa shape index (κ1) is 23.4. The molecule has 0 spiro atoms. The molecule has 1 N–H and O–H groups in total. The van der Waals surface area contributed by atoms with Crippen LogP contribution in [-0.4, -0.2) is 34.6 Å². The number of likely N-dealkylation sites (tertiary alicyclic amines) is 1. The van der Waals surface area contributed by atoms with Crippen LogP contribution in [0.4, 0.5) is 35.0 Å². The first-order valence-corrected chi connectivity index (χ1v) is 10.0. The van der Waals surface area contributed by atoms with Crippen molar-refractivity contribution in [3.63, 3.8) is 0 Å². The summed E-state index contributed by atoms with van der Waals surface area (Å²) in [5, 5.41) is 13.9. The average molecular weight is 451 g/mol. The molecule has 0 aromatic heterocycles. The molecular formula is C22H24F3N3O4. The number of nitrogens with zero attached hydrogens (tertiary/aromatic N) is 2. The Morgan fingerprint density at radius 3 is 2.38 bits per heavy atom. The number of hydrogen-bond acceptors (Lipinski definition) is 5. The van der Waals surface area contributed by atoms with Gasteiger partial charge in [0, 0.05) is 30.8 Å². The summed E-state index contributed by atoms with van der Waals surface area (Å²) in [4.78, 5) is 24.4. The van der Waals surface area contributed by atoms with Crippen molar-refractivity contribution in [1.29, 1.82) is 0 Å². The number of ether oxygens (including phenoxy) is 1. The summed E-state index contributed by atoms with van der Waals surface area (Å²) in [6, 6.07) is 9.13. The van der Waals surface area contributed by atoms with Crippen molar-refractivity contribution in [2.24, 2.45) is 0 Å². The van der Waals surface area contributed by atoms with Crippen LogP contribution < -0.4 is 5.32 Å². The van der Waals surface area contributed by atoms with Crippen molar-refractivity contribution >= 4 is 23.2 Å². The highest BCUT2D eigenvalue weighted by molar-refractivity contribution is 5.71. The fourth-order valence-electron chi connectivity index (χ4n) is 3.49. The Morgan fingerprint density at radius 2 is 1.81 bits per heavy atom. The zero-order chi connectivity index (χ0) is 23.7. The van der Waals surface area contributed by atoms with Gasteiger partial charge in [0.2, 0.25) is 0 Å². The van der Waals surface area contributed by atoms with Crippen LogP contribution in [0.15, 0.2) is 42.5 Å². The highest BCUT2D eigenvalue weighted by Gasteiger charge is 2.33. The number of nitro groups is 1. The summed E-state index contributed by atoms with van der Waals surface area (Å²) in [6.07, 6.45) is -4.22. The lowest BCUT2D eigenvalue weighted by Gasteiger charge is -2.24. The number of alkyl halides is 3. The molecule has 1 atom stereocenters. The van der Waals surface area contributed by atoms with Crippen molar-refractivity contribution < 1.29 is 27.6 Å². The molecule has 1 amide bonds. The van der Waals surface area contributed by atoms with Crippen LogP contribution in [0.3, 0.4) is 0 Å². The van der Waals surface area contributed by atoms with E-state index in [0.717, 1.165) is 24.1 Å². The molecule has 0 aliphatic carbocycles. The first-order valence-electron chi connectivity index (χ1n) is 10.0. The summed E-state index contributed by atoms with van der Waals surface area (Å²) < 4.78 is 44.4. The van der Waals surface area contributed by atoms with E-state index in [2.05, 4.69) is 5.32 Å². The lowest BCUT2D eigenvalue weighted by molar-refractivity contribution is -0.384. The van der Waals surface area contributed by atoms with Gasteiger partial charge in [0.1, 0.15) is 11.3 Å². The lowest BCUT2D eigenvalue weighted by atomic mass is 9.98. The minimum Gasteiger partial charge on any atom is -0.444 e. The molecule has 1 unspecified atom stereocenters. The molecule has 7 nitrogen and oxygen atoms in total. The number of nitrogens with one attached hydrogen (secondary N) is 1. The van der Waals surface area contributed by atoms with Gasteiger partial charge >= 0.3 is 12.3 Å². The number of rotatable bonds is 4. The van der Waals surface area contributed by atoms with Crippen molar-refractivity contribution in [1.82, 2.24) is 4.90 Å². The second-order valence-corrected chi connectivity index (χ2v) is 8.65. The molecule has 172 valence electrons. The zero-order valence-electron chi connectivity index (χ0n) is 17.9. The van der Waals surface area contributed by atoms with Gasteiger partial charge in [-0.05, 0) is 57.0 Å². The molecule has 0 radical (unpaired) electrons. The third-order valence-electron chi connectivity index (χ3n) is 5.02. The van der Waals surface area contributed by atoms with Crippen molar-refractivity contribution in [2.75, 3.05) is 18.4 Å². The molecular weight excluding hydrogens is 427 g/mol. The van der Waals surface area contributed by atoms with E-state index in [0.29, 0.717) is 24.8 Å². The summed E-state index contributed by atoms with van der Waals surface area (Å²) in [6.45, 7) is 6.48. The second-order valence-electron chi connectivity index (χ2n) is 8.65. The molecule has 1 saturated heterocycles. The van der Waals surface area contributed by atoms with Crippen LogP contribution >= 0.6 is 0 Å². The quantitative estimate of drug-likeness (QED) is 0.450. The molecule has 10 heteroatoms. The Hall–Kier alpha value is -3.30. The first-order chi connectivity index (χ1) is 14.8. The lowest BCUT2D eigenvalue weighted by Crippen LogP contribution is -2.35. The number of carbonyl (C=O) groups is 1. The Kier molecular flexibility index (Phi) is 6.34. The van der Waals surface area contributed by atoms with Crippen LogP contribution in [0.1, 0.15) is 44.2 Å². The van der Waals surface area contributed by atoms with Gasteiger partial charge in [0.15, 0.2) is 0 Å². The maximum absolute atomic E-state index is 13.0. The van der Waals surface area contributed by atoms with Crippen molar-refractivity contribution in [2.45, 2.75) is 44.9 Å². The maximum Gasteiger partial charge on any atom is 0.416 e. The van der Waals surface area contributed by atoms with Gasteiger partial charge in [0.05, 0.1) is 10.5 Å². The monoisotopic (exact) mass is 451 g/mol. The number of nitro benzene ring substituents is 1. The molecule has 32 heavy (non-hydrogen) atoms. The summed E-state index contributed by atoms with van der Waals surface area (Å²) in [5.74, 6) is 0.0967. The molecule has 1 fully saturated rings. The Bertz CT molecular complexity index is 1000. The summed E-state index contributed by atoms with van der Waals surface area (Å²) in [5.41, 5.74) is -0.872. The highest BCUT2D eigenvalue weighted by Crippen LogP contribution is 2.36. The number of benzene rings is 2. The predicted molar refractivity (Wildman–Crippen MR) is 113 cm³/mol. The van der Waals surface area contributed by atoms with Gasteiger partial charge in [-0.1, -0.05) is 12.1 Å². The van der Waals surface area contributed by atoms with E-state index < -0.39 is 28.0 Å². The van der Waals surface area contributed by atoms with E-state index in [9.17, 15) is 28.1 Å². The van der Waals surface area contributed by atoms with Crippen LogP contribution in [0.2, 0.25) is 0 Å². The second kappa shape index (κ2) is 8.68. The topological polar surface area (TPSA) is 84.7 Å². The summed E-state index contributed by atoms with van der Waals surface area (Å²) in [7, 11) is 0. The normalized spacial score (nSPS) is 16.7. The standard InChI is InChI=1S/C22H24F3N3O4/c1-21(2,3)32-20(29)27-11-10-15(13-27)14-4-7-17(8-5-14)26-18-12-16(22(23,24)25)6-9-19(18)28(30)31/h4-9,12,15,26H,10-11,13H2,1-3H3.